The van der Waals surface area contributed by atoms with Crippen LogP contribution in [0.2, 0.25) is 0 Å². The fraction of sp³-hybridized carbons (Fsp3) is 0.417. The van der Waals surface area contributed by atoms with E-state index in [9.17, 15) is 19.2 Å². The molecule has 1 aromatic heterocycles. The van der Waals surface area contributed by atoms with Crippen LogP contribution in [0.3, 0.4) is 0 Å². The summed E-state index contributed by atoms with van der Waals surface area (Å²) >= 11 is 1.34. The molecule has 0 saturated carbocycles. The first-order valence-electron chi connectivity index (χ1n) is 11.3. The van der Waals surface area contributed by atoms with Crippen molar-refractivity contribution in [2.75, 3.05) is 25.8 Å². The number of anilines is 1. The van der Waals surface area contributed by atoms with Crippen molar-refractivity contribution in [1.82, 2.24) is 10.2 Å². The average molecular weight is 500 g/mol. The number of esters is 1. The number of carbonyl (C=O) groups is 4. The molecule has 0 spiro atoms. The van der Waals surface area contributed by atoms with Gasteiger partial charge in [-0.15, -0.1) is 11.3 Å². The molecule has 2 aromatic rings. The van der Waals surface area contributed by atoms with Crippen LogP contribution >= 0.6 is 11.3 Å². The van der Waals surface area contributed by atoms with Gasteiger partial charge in [-0.3, -0.25) is 14.5 Å². The number of urea groups is 1. The third-order valence-electron chi connectivity index (χ3n) is 6.68. The lowest BCUT2D eigenvalue weighted by Gasteiger charge is -2.22. The van der Waals surface area contributed by atoms with E-state index in [0.717, 1.165) is 34.6 Å². The Morgan fingerprint density at radius 3 is 2.83 bits per heavy atom. The molecule has 184 valence electrons. The molecule has 2 aliphatic heterocycles. The molecule has 1 aliphatic carbocycles. The molecule has 5 rings (SSSR count). The summed E-state index contributed by atoms with van der Waals surface area (Å²) in [5, 5.41) is 5.80. The standard InChI is InChI=1S/C24H25N3O7S/c1-12-4-6-14-17(8-12)35-20(19(14)21(29)32-3)25-18(28)10-27-22(30)24(2,26-23(27)31)13-5-7-15-16(9-13)34-11-33-15/h5,7,9,12H,4,6,8,10-11H2,1-3H3,(H,25,28)(H,26,31)/t12-,24-/m0/s1. The molecule has 0 bridgehead atoms. The lowest BCUT2D eigenvalue weighted by atomic mass is 9.88. The molecule has 3 heterocycles. The number of thiophene rings is 1. The summed E-state index contributed by atoms with van der Waals surface area (Å²) in [6.07, 6.45) is 2.50. The molecular weight excluding hydrogens is 474 g/mol. The van der Waals surface area contributed by atoms with Crippen LogP contribution in [0.5, 0.6) is 11.5 Å². The maximum Gasteiger partial charge on any atom is 0.341 e. The monoisotopic (exact) mass is 499 g/mol. The van der Waals surface area contributed by atoms with Gasteiger partial charge in [0.15, 0.2) is 11.5 Å². The molecule has 3 aliphatic rings. The van der Waals surface area contributed by atoms with Gasteiger partial charge < -0.3 is 24.8 Å². The van der Waals surface area contributed by atoms with E-state index in [0.29, 0.717) is 33.5 Å². The molecule has 2 N–H and O–H groups in total. The number of benzene rings is 1. The van der Waals surface area contributed by atoms with Crippen LogP contribution < -0.4 is 20.1 Å². The Bertz CT molecular complexity index is 1260. The minimum atomic E-state index is -1.37. The normalized spacial score (nSPS) is 22.6. The SMILES string of the molecule is COC(=O)c1c(NC(=O)CN2C(=O)N[C@@](C)(c3ccc4c(c3)OCO4)C2=O)sc2c1CC[C@H](C)C2. The fourth-order valence-corrected chi connectivity index (χ4v) is 6.13. The summed E-state index contributed by atoms with van der Waals surface area (Å²) in [6, 6.07) is 4.31. The van der Waals surface area contributed by atoms with E-state index in [1.165, 1.54) is 18.4 Å². The van der Waals surface area contributed by atoms with Gasteiger partial charge in [-0.2, -0.15) is 0 Å². The number of carbonyl (C=O) groups excluding carboxylic acids is 4. The molecule has 11 heteroatoms. The molecule has 35 heavy (non-hydrogen) atoms. The highest BCUT2D eigenvalue weighted by Gasteiger charge is 2.50. The zero-order valence-electron chi connectivity index (χ0n) is 19.6. The van der Waals surface area contributed by atoms with Gasteiger partial charge >= 0.3 is 12.0 Å². The minimum absolute atomic E-state index is 0.0841. The van der Waals surface area contributed by atoms with Gasteiger partial charge in [-0.1, -0.05) is 13.0 Å². The summed E-state index contributed by atoms with van der Waals surface area (Å²) in [4.78, 5) is 53.3. The number of ether oxygens (including phenoxy) is 3. The van der Waals surface area contributed by atoms with E-state index in [1.54, 1.807) is 25.1 Å². The molecule has 1 saturated heterocycles. The van der Waals surface area contributed by atoms with Crippen LogP contribution in [0.1, 0.15) is 46.6 Å². The lowest BCUT2D eigenvalue weighted by molar-refractivity contribution is -0.133. The van der Waals surface area contributed by atoms with Gasteiger partial charge in [0.05, 0.1) is 12.7 Å². The molecule has 10 nitrogen and oxygen atoms in total. The average Bonchev–Trinajstić information content (AvgIpc) is 3.49. The lowest BCUT2D eigenvalue weighted by Crippen LogP contribution is -2.42. The second-order valence-electron chi connectivity index (χ2n) is 9.11. The number of nitrogens with one attached hydrogen (secondary N) is 2. The van der Waals surface area contributed by atoms with Gasteiger partial charge in [0.1, 0.15) is 17.1 Å². The van der Waals surface area contributed by atoms with Crippen molar-refractivity contribution in [3.63, 3.8) is 0 Å². The minimum Gasteiger partial charge on any atom is -0.465 e. The Morgan fingerprint density at radius 1 is 1.29 bits per heavy atom. The van der Waals surface area contributed by atoms with Crippen molar-refractivity contribution in [3.8, 4) is 11.5 Å². The van der Waals surface area contributed by atoms with Gasteiger partial charge in [0.2, 0.25) is 12.7 Å². The number of nitrogens with zero attached hydrogens (tertiary/aromatic N) is 1. The number of fused-ring (bicyclic) bond motifs is 2. The first kappa shape index (κ1) is 23.2. The molecule has 0 unspecified atom stereocenters. The van der Waals surface area contributed by atoms with Crippen molar-refractivity contribution in [2.24, 2.45) is 5.92 Å². The van der Waals surface area contributed by atoms with Crippen LogP contribution in [-0.2, 0) is 32.7 Å². The molecule has 1 aromatic carbocycles. The van der Waals surface area contributed by atoms with E-state index in [1.807, 2.05) is 0 Å². The van der Waals surface area contributed by atoms with E-state index in [4.69, 9.17) is 14.2 Å². The first-order valence-corrected chi connectivity index (χ1v) is 12.1. The molecular formula is C24H25N3O7S. The molecule has 2 atom stereocenters. The van der Waals surface area contributed by atoms with Gasteiger partial charge in [-0.05, 0) is 55.4 Å². The van der Waals surface area contributed by atoms with Crippen molar-refractivity contribution >= 4 is 40.2 Å². The smallest absolute Gasteiger partial charge is 0.341 e. The topological polar surface area (TPSA) is 123 Å². The first-order chi connectivity index (χ1) is 16.7. The van der Waals surface area contributed by atoms with E-state index in [2.05, 4.69) is 17.6 Å². The second kappa shape index (κ2) is 8.56. The van der Waals surface area contributed by atoms with Crippen LogP contribution in [0, 0.1) is 5.92 Å². The molecule has 1 fully saturated rings. The van der Waals surface area contributed by atoms with Gasteiger partial charge in [-0.25, -0.2) is 9.59 Å². The fourth-order valence-electron chi connectivity index (χ4n) is 4.71. The number of imide groups is 1. The molecule has 0 radical (unpaired) electrons. The number of rotatable bonds is 5. The van der Waals surface area contributed by atoms with Crippen LogP contribution in [0.15, 0.2) is 18.2 Å². The van der Waals surface area contributed by atoms with E-state index in [-0.39, 0.29) is 6.79 Å². The second-order valence-corrected chi connectivity index (χ2v) is 10.2. The third-order valence-corrected chi connectivity index (χ3v) is 7.85. The largest absolute Gasteiger partial charge is 0.465 e. The summed E-state index contributed by atoms with van der Waals surface area (Å²) in [5.74, 6) is -0.148. The Morgan fingerprint density at radius 2 is 2.06 bits per heavy atom. The van der Waals surface area contributed by atoms with Crippen molar-refractivity contribution in [2.45, 2.75) is 38.6 Å². The van der Waals surface area contributed by atoms with Gasteiger partial charge in [0.25, 0.3) is 5.91 Å². The number of hydrogen-bond acceptors (Lipinski definition) is 8. The molecule has 4 amide bonds. The van der Waals surface area contributed by atoms with Crippen molar-refractivity contribution in [3.05, 3.63) is 39.8 Å². The van der Waals surface area contributed by atoms with Crippen LogP contribution in [0.25, 0.3) is 0 Å². The highest BCUT2D eigenvalue weighted by atomic mass is 32.1. The van der Waals surface area contributed by atoms with Crippen LogP contribution in [-0.4, -0.2) is 49.2 Å². The zero-order valence-corrected chi connectivity index (χ0v) is 20.4. The maximum atomic E-state index is 13.3. The van der Waals surface area contributed by atoms with E-state index < -0.39 is 35.9 Å². The summed E-state index contributed by atoms with van der Waals surface area (Å²) < 4.78 is 15.6. The summed E-state index contributed by atoms with van der Waals surface area (Å²) in [7, 11) is 1.30. The number of methoxy groups -OCH3 is 1. The number of amides is 4. The number of hydrogen-bond donors (Lipinski definition) is 2. The summed E-state index contributed by atoms with van der Waals surface area (Å²) in [6.45, 7) is 3.31. The summed E-state index contributed by atoms with van der Waals surface area (Å²) in [5.41, 5.74) is 0.403. The van der Waals surface area contributed by atoms with Crippen molar-refractivity contribution in [1.29, 1.82) is 0 Å². The zero-order chi connectivity index (χ0) is 24.9. The van der Waals surface area contributed by atoms with Crippen LogP contribution in [0.4, 0.5) is 9.80 Å². The highest BCUT2D eigenvalue weighted by molar-refractivity contribution is 7.17. The maximum absolute atomic E-state index is 13.3. The Hall–Kier alpha value is -3.60. The van der Waals surface area contributed by atoms with Gasteiger partial charge in [0, 0.05) is 4.88 Å². The van der Waals surface area contributed by atoms with Crippen molar-refractivity contribution < 1.29 is 33.4 Å². The Labute approximate surface area is 205 Å². The third kappa shape index (κ3) is 3.89. The highest BCUT2D eigenvalue weighted by Crippen LogP contribution is 2.40. The van der Waals surface area contributed by atoms with E-state index >= 15 is 0 Å². The predicted molar refractivity (Wildman–Crippen MR) is 126 cm³/mol. The Balaban J connectivity index is 1.35. The Kier molecular flexibility index (Phi) is 5.66. The quantitative estimate of drug-likeness (QED) is 0.479. The predicted octanol–water partition coefficient (Wildman–Crippen LogP) is 2.79.